The van der Waals surface area contributed by atoms with Gasteiger partial charge in [-0.3, -0.25) is 14.3 Å². The quantitative estimate of drug-likeness (QED) is 0.375. The van der Waals surface area contributed by atoms with E-state index in [1.807, 2.05) is 23.0 Å². The predicted molar refractivity (Wildman–Crippen MR) is 143 cm³/mol. The Morgan fingerprint density at radius 1 is 1.14 bits per heavy atom. The maximum Gasteiger partial charge on any atom is 0.323 e. The molecule has 2 aliphatic rings. The molecule has 0 bridgehead atoms. The van der Waals surface area contributed by atoms with Gasteiger partial charge in [-0.1, -0.05) is 29.3 Å². The number of nitrogens with one attached hydrogen (secondary N) is 1. The van der Waals surface area contributed by atoms with Crippen LogP contribution in [0.1, 0.15) is 56.0 Å². The van der Waals surface area contributed by atoms with Gasteiger partial charge in [0.2, 0.25) is 7.44 Å². The fourth-order valence-electron chi connectivity index (χ4n) is 5.04. The van der Waals surface area contributed by atoms with Gasteiger partial charge in [-0.2, -0.15) is 0 Å². The van der Waals surface area contributed by atoms with E-state index in [4.69, 9.17) is 26.1 Å². The van der Waals surface area contributed by atoms with E-state index in [1.165, 1.54) is 34.9 Å². The number of rotatable bonds is 7. The third-order valence-electron chi connectivity index (χ3n) is 6.69. The van der Waals surface area contributed by atoms with Gasteiger partial charge in [0.1, 0.15) is 12.4 Å². The highest BCUT2D eigenvalue weighted by atomic mass is 35.5. The number of aryl methyl sites for hydroxylation is 2. The van der Waals surface area contributed by atoms with Gasteiger partial charge in [0.25, 0.3) is 0 Å². The van der Waals surface area contributed by atoms with Crippen LogP contribution in [0, 0.1) is 0 Å². The molecule has 1 aliphatic heterocycles. The summed E-state index contributed by atoms with van der Waals surface area (Å²) in [4.78, 5) is 17.2. The van der Waals surface area contributed by atoms with Gasteiger partial charge >= 0.3 is 5.97 Å². The SMILES string of the molecule is COCP(=O)(N[C@@H](C)C(=O)OC(C)C)N1CCC(=C2c3ccc(Cl)cc3CCc3cccnc32)CC1. The molecule has 1 aromatic heterocycles. The Bertz CT molecular complexity index is 1190. The molecule has 7 nitrogen and oxygen atoms in total. The number of hydrogen-bond donors (Lipinski definition) is 1. The smallest absolute Gasteiger partial charge is 0.323 e. The Morgan fingerprint density at radius 3 is 2.56 bits per heavy atom. The molecule has 4 rings (SSSR count). The Kier molecular flexibility index (Phi) is 8.69. The van der Waals surface area contributed by atoms with Crippen molar-refractivity contribution in [2.24, 2.45) is 0 Å². The molecule has 194 valence electrons. The average Bonchev–Trinajstić information content (AvgIpc) is 3.00. The first-order valence-corrected chi connectivity index (χ1v) is 14.7. The van der Waals surface area contributed by atoms with E-state index in [1.54, 1.807) is 20.8 Å². The molecule has 1 fully saturated rings. The van der Waals surface area contributed by atoms with Crippen molar-refractivity contribution in [1.82, 2.24) is 14.7 Å². The van der Waals surface area contributed by atoms with Crippen molar-refractivity contribution >= 4 is 30.6 Å². The van der Waals surface area contributed by atoms with Crippen molar-refractivity contribution in [3.63, 3.8) is 0 Å². The van der Waals surface area contributed by atoms with Crippen LogP contribution in [0.5, 0.6) is 0 Å². The summed E-state index contributed by atoms with van der Waals surface area (Å²) in [5.41, 5.74) is 7.16. The maximum absolute atomic E-state index is 14.0. The van der Waals surface area contributed by atoms with Crippen molar-refractivity contribution in [1.29, 1.82) is 0 Å². The number of aromatic nitrogens is 1. The lowest BCUT2D eigenvalue weighted by Gasteiger charge is -2.37. The molecule has 0 spiro atoms. The van der Waals surface area contributed by atoms with Crippen LogP contribution in [0.3, 0.4) is 0 Å². The molecule has 1 N–H and O–H groups in total. The van der Waals surface area contributed by atoms with Gasteiger partial charge in [-0.05, 0) is 81.3 Å². The zero-order valence-electron chi connectivity index (χ0n) is 21.4. The van der Waals surface area contributed by atoms with Crippen LogP contribution in [-0.2, 0) is 31.7 Å². The molecule has 2 atom stereocenters. The van der Waals surface area contributed by atoms with Crippen molar-refractivity contribution in [2.75, 3.05) is 26.5 Å². The average molecular weight is 532 g/mol. The van der Waals surface area contributed by atoms with Crippen molar-refractivity contribution in [3.05, 3.63) is 69.5 Å². The summed E-state index contributed by atoms with van der Waals surface area (Å²) in [7, 11) is -1.63. The van der Waals surface area contributed by atoms with Crippen LogP contribution in [0.25, 0.3) is 5.57 Å². The summed E-state index contributed by atoms with van der Waals surface area (Å²) in [6, 6.07) is 9.55. The van der Waals surface area contributed by atoms with Gasteiger partial charge < -0.3 is 9.47 Å². The topological polar surface area (TPSA) is 80.8 Å². The molecule has 1 aliphatic carbocycles. The highest BCUT2D eigenvalue weighted by Crippen LogP contribution is 2.49. The fraction of sp³-hybridized carbons (Fsp3) is 0.481. The minimum absolute atomic E-state index is 0.0178. The van der Waals surface area contributed by atoms with Gasteiger partial charge in [-0.15, -0.1) is 0 Å². The summed E-state index contributed by atoms with van der Waals surface area (Å²) < 4.78 is 26.6. The van der Waals surface area contributed by atoms with Crippen LogP contribution in [-0.4, -0.2) is 54.3 Å². The second-order valence-electron chi connectivity index (χ2n) is 9.70. The minimum atomic E-state index is -3.16. The number of nitrogens with zero attached hydrogens (tertiary/aromatic N) is 2. The van der Waals surface area contributed by atoms with E-state index in [2.05, 4.69) is 23.3 Å². The standard InChI is InChI=1S/C27H35ClN3O4P/c1-18(2)35-27(32)19(3)30-36(33,17-34-4)31-14-11-20(12-15-31)25-24-10-9-23(28)16-22(24)8-7-21-6-5-13-29-26(21)25/h5-6,9-10,13,16,18-19H,7-8,11-12,14-15,17H2,1-4H3,(H,30,33)/t19-,36?/m0/s1. The second kappa shape index (κ2) is 11.6. The van der Waals surface area contributed by atoms with Gasteiger partial charge in [0.05, 0.1) is 11.8 Å². The number of carbonyl (C=O) groups is 1. The van der Waals surface area contributed by atoms with E-state index < -0.39 is 19.5 Å². The van der Waals surface area contributed by atoms with Crippen LogP contribution >= 0.6 is 19.0 Å². The van der Waals surface area contributed by atoms with Gasteiger partial charge in [0.15, 0.2) is 0 Å². The fourth-order valence-corrected chi connectivity index (χ4v) is 7.54. The molecule has 0 amide bonds. The summed E-state index contributed by atoms with van der Waals surface area (Å²) >= 11 is 6.34. The molecular weight excluding hydrogens is 497 g/mol. The highest BCUT2D eigenvalue weighted by Gasteiger charge is 2.36. The van der Waals surface area contributed by atoms with Crippen LogP contribution in [0.15, 0.2) is 42.1 Å². The Labute approximate surface area is 218 Å². The molecule has 1 saturated heterocycles. The normalized spacial score (nSPS) is 18.7. The maximum atomic E-state index is 14.0. The number of benzene rings is 1. The number of carbonyl (C=O) groups excluding carboxylic acids is 1. The number of hydrogen-bond acceptors (Lipinski definition) is 5. The number of methoxy groups -OCH3 is 1. The lowest BCUT2D eigenvalue weighted by Crippen LogP contribution is -2.42. The summed E-state index contributed by atoms with van der Waals surface area (Å²) in [5, 5.41) is 3.79. The number of pyridine rings is 1. The number of esters is 1. The first-order valence-electron chi connectivity index (χ1n) is 12.5. The van der Waals surface area contributed by atoms with E-state index in [-0.39, 0.29) is 12.5 Å². The Hall–Kier alpha value is -2.02. The number of fused-ring (bicyclic) bond motifs is 2. The summed E-state index contributed by atoms with van der Waals surface area (Å²) in [5.74, 6) is -0.419. The van der Waals surface area contributed by atoms with E-state index in [0.29, 0.717) is 13.1 Å². The van der Waals surface area contributed by atoms with Crippen molar-refractivity contribution in [3.8, 4) is 0 Å². The molecular formula is C27H35ClN3O4P. The lowest BCUT2D eigenvalue weighted by molar-refractivity contribution is -0.149. The first-order chi connectivity index (χ1) is 17.2. The van der Waals surface area contributed by atoms with E-state index in [9.17, 15) is 9.36 Å². The third-order valence-corrected chi connectivity index (χ3v) is 9.63. The van der Waals surface area contributed by atoms with Crippen LogP contribution < -0.4 is 5.09 Å². The zero-order chi connectivity index (χ0) is 25.9. The Morgan fingerprint density at radius 2 is 1.86 bits per heavy atom. The lowest BCUT2D eigenvalue weighted by atomic mass is 9.89. The van der Waals surface area contributed by atoms with Crippen LogP contribution in [0.4, 0.5) is 0 Å². The molecule has 2 aromatic rings. The summed E-state index contributed by atoms with van der Waals surface area (Å²) in [6.07, 6.45) is 4.95. The second-order valence-corrected chi connectivity index (χ2v) is 12.6. The monoisotopic (exact) mass is 531 g/mol. The van der Waals surface area contributed by atoms with E-state index in [0.717, 1.165) is 36.4 Å². The third kappa shape index (κ3) is 5.92. The number of halogens is 1. The zero-order valence-corrected chi connectivity index (χ0v) is 23.1. The first kappa shape index (κ1) is 27.0. The molecule has 36 heavy (non-hydrogen) atoms. The van der Waals surface area contributed by atoms with Crippen molar-refractivity contribution < 1.29 is 18.8 Å². The van der Waals surface area contributed by atoms with Crippen molar-refractivity contribution in [2.45, 2.75) is 58.6 Å². The molecule has 1 unspecified atom stereocenters. The largest absolute Gasteiger partial charge is 0.462 e. The molecule has 2 heterocycles. The number of piperidine rings is 1. The molecule has 1 aromatic carbocycles. The van der Waals surface area contributed by atoms with E-state index >= 15 is 0 Å². The predicted octanol–water partition coefficient (Wildman–Crippen LogP) is 5.46. The summed E-state index contributed by atoms with van der Waals surface area (Å²) in [6.45, 7) is 6.45. The highest BCUT2D eigenvalue weighted by molar-refractivity contribution is 7.59. The van der Waals surface area contributed by atoms with Crippen LogP contribution in [0.2, 0.25) is 5.02 Å². The molecule has 0 saturated carbocycles. The van der Waals surface area contributed by atoms with Gasteiger partial charge in [0, 0.05) is 37.0 Å². The number of ether oxygens (including phenoxy) is 2. The van der Waals surface area contributed by atoms with Gasteiger partial charge in [-0.25, -0.2) is 9.76 Å². The molecule has 0 radical (unpaired) electrons. The molecule has 9 heteroatoms. The Balaban J connectivity index is 1.62. The minimum Gasteiger partial charge on any atom is -0.462 e.